The second-order valence-electron chi connectivity index (χ2n) is 1.59. The maximum absolute atomic E-state index is 4.01. The number of thiazole rings is 1. The van der Waals surface area contributed by atoms with Gasteiger partial charge in [-0.05, 0) is 4.80 Å². The van der Waals surface area contributed by atoms with Crippen molar-refractivity contribution in [3.05, 3.63) is 17.9 Å². The molecule has 0 aliphatic carbocycles. The van der Waals surface area contributed by atoms with E-state index in [9.17, 15) is 0 Å². The fraction of sp³-hybridized carbons (Fsp3) is 0. The van der Waals surface area contributed by atoms with Gasteiger partial charge in [0.15, 0.2) is 0 Å². The zero-order valence-electron chi connectivity index (χ0n) is 4.93. The molecule has 0 aliphatic heterocycles. The molecule has 50 valence electrons. The van der Waals surface area contributed by atoms with Crippen molar-refractivity contribution in [2.75, 3.05) is 0 Å². The largest absolute Gasteiger partial charge is 0.363 e. The fourth-order valence-corrected chi connectivity index (χ4v) is 1.15. The zero-order valence-corrected chi connectivity index (χ0v) is 5.75. The van der Waals surface area contributed by atoms with Crippen molar-refractivity contribution in [1.82, 2.24) is 20.4 Å². The normalized spacial score (nSPS) is 10.0. The van der Waals surface area contributed by atoms with Gasteiger partial charge in [-0.25, -0.2) is 0 Å². The molecular weight excluding hydrogens is 150 g/mol. The Kier molecular flexibility index (Phi) is 1.17. The molecule has 0 radical (unpaired) electrons. The number of H-pyrrole nitrogens is 1. The van der Waals surface area contributed by atoms with Crippen LogP contribution >= 0.6 is 11.3 Å². The summed E-state index contributed by atoms with van der Waals surface area (Å²) in [6, 6.07) is 0. The molecule has 1 N–H and O–H groups in total. The van der Waals surface area contributed by atoms with Crippen LogP contribution in [-0.2, 0) is 0 Å². The van der Waals surface area contributed by atoms with Crippen molar-refractivity contribution in [2.45, 2.75) is 0 Å². The predicted molar refractivity (Wildman–Crippen MR) is 33.6 cm³/mol. The summed E-state index contributed by atoms with van der Waals surface area (Å²) in [7, 11) is 0. The van der Waals surface area contributed by atoms with Gasteiger partial charge in [0.05, 0.1) is 5.21 Å². The van der Waals surface area contributed by atoms with Crippen LogP contribution in [0, 0.1) is 0 Å². The summed E-state index contributed by atoms with van der Waals surface area (Å²) in [5.41, 5.74) is 0. The molecule has 0 aromatic carbocycles. The molecule has 0 spiro atoms. The summed E-state index contributed by atoms with van der Waals surface area (Å²) in [4.78, 5) is 5.51. The second-order valence-corrected chi connectivity index (χ2v) is 2.46. The average molecular weight is 154 g/mol. The van der Waals surface area contributed by atoms with Crippen LogP contribution < -0.4 is 4.80 Å². The highest BCUT2D eigenvalue weighted by atomic mass is 32.1. The topological polar surface area (TPSA) is 58.3 Å². The van der Waals surface area contributed by atoms with Gasteiger partial charge in [-0.1, -0.05) is 16.3 Å². The standard InChI is InChI=1S/C4H3N5S/c1-2-10-4(5-1)9-7-3-6-8-9/h1-3H/p+1. The molecule has 2 aromatic rings. The Balaban J connectivity index is 2.48. The van der Waals surface area contributed by atoms with Gasteiger partial charge in [-0.3, -0.25) is 0 Å². The Morgan fingerprint density at radius 3 is 3.20 bits per heavy atom. The molecule has 0 fully saturated rings. The van der Waals surface area contributed by atoms with E-state index in [0.29, 0.717) is 0 Å². The Hall–Kier alpha value is -1.30. The van der Waals surface area contributed by atoms with E-state index in [1.54, 1.807) is 6.20 Å². The highest BCUT2D eigenvalue weighted by Crippen LogP contribution is 1.99. The van der Waals surface area contributed by atoms with Crippen molar-refractivity contribution in [1.29, 1.82) is 0 Å². The molecule has 0 unspecified atom stereocenters. The van der Waals surface area contributed by atoms with Crippen molar-refractivity contribution < 1.29 is 4.80 Å². The van der Waals surface area contributed by atoms with Gasteiger partial charge in [-0.2, -0.15) is 5.10 Å². The highest BCUT2D eigenvalue weighted by Gasteiger charge is 2.06. The molecule has 0 aliphatic rings. The maximum Gasteiger partial charge on any atom is 0.363 e. The minimum atomic E-state index is 0.789. The van der Waals surface area contributed by atoms with E-state index in [2.05, 4.69) is 20.4 Å². The number of hydrogen-bond donors (Lipinski definition) is 1. The Morgan fingerprint density at radius 2 is 2.60 bits per heavy atom. The van der Waals surface area contributed by atoms with Crippen LogP contribution in [0.1, 0.15) is 0 Å². The molecule has 0 bridgehead atoms. The van der Waals surface area contributed by atoms with Crippen molar-refractivity contribution in [3.63, 3.8) is 0 Å². The van der Waals surface area contributed by atoms with Gasteiger partial charge in [0, 0.05) is 10.5 Å². The highest BCUT2D eigenvalue weighted by molar-refractivity contribution is 7.11. The van der Waals surface area contributed by atoms with E-state index in [1.807, 2.05) is 5.38 Å². The molecule has 5 nitrogen and oxygen atoms in total. The van der Waals surface area contributed by atoms with Crippen LogP contribution in [0.3, 0.4) is 0 Å². The minimum Gasteiger partial charge on any atom is -0.195 e. The third-order valence-electron chi connectivity index (χ3n) is 0.979. The molecule has 0 saturated heterocycles. The Morgan fingerprint density at radius 1 is 1.60 bits per heavy atom. The number of nitrogens with zero attached hydrogens (tertiary/aromatic N) is 4. The van der Waals surface area contributed by atoms with E-state index >= 15 is 0 Å². The molecule has 2 heterocycles. The van der Waals surface area contributed by atoms with Gasteiger partial charge < -0.3 is 0 Å². The molecule has 0 saturated carbocycles. The van der Waals surface area contributed by atoms with Crippen LogP contribution in [0.25, 0.3) is 5.13 Å². The molecule has 0 atom stereocenters. The lowest BCUT2D eigenvalue weighted by Crippen LogP contribution is -2.35. The SMILES string of the molecule is c1csc(-[n+]2nnc[nH]2)n1. The third-order valence-corrected chi connectivity index (χ3v) is 1.73. The van der Waals surface area contributed by atoms with E-state index in [4.69, 9.17) is 0 Å². The quantitative estimate of drug-likeness (QED) is 0.565. The van der Waals surface area contributed by atoms with Gasteiger partial charge in [-0.15, -0.1) is 0 Å². The van der Waals surface area contributed by atoms with Crippen LogP contribution in [0.2, 0.25) is 0 Å². The first-order chi connectivity index (χ1) is 4.97. The van der Waals surface area contributed by atoms with Gasteiger partial charge in [0.1, 0.15) is 6.20 Å². The first kappa shape index (κ1) is 5.48. The molecule has 0 amide bonds. The monoisotopic (exact) mass is 154 g/mol. The molecule has 10 heavy (non-hydrogen) atoms. The first-order valence-electron chi connectivity index (χ1n) is 2.65. The number of aromatic nitrogens is 5. The number of tetrazole rings is 1. The van der Waals surface area contributed by atoms with E-state index in [1.165, 1.54) is 22.5 Å². The molecular formula is C4H4N5S+. The van der Waals surface area contributed by atoms with Crippen molar-refractivity contribution in [2.24, 2.45) is 0 Å². The van der Waals surface area contributed by atoms with Crippen molar-refractivity contribution >= 4 is 11.3 Å². The van der Waals surface area contributed by atoms with E-state index in [0.717, 1.165) is 5.13 Å². The molecule has 6 heteroatoms. The first-order valence-corrected chi connectivity index (χ1v) is 3.53. The summed E-state index contributed by atoms with van der Waals surface area (Å²) < 4.78 is 0. The summed E-state index contributed by atoms with van der Waals surface area (Å²) in [5, 5.41) is 12.8. The van der Waals surface area contributed by atoms with E-state index < -0.39 is 0 Å². The Bertz CT molecular complexity index is 253. The predicted octanol–water partition coefficient (Wildman–Crippen LogP) is -0.462. The minimum absolute atomic E-state index is 0.789. The van der Waals surface area contributed by atoms with Gasteiger partial charge in [0.2, 0.25) is 6.33 Å². The van der Waals surface area contributed by atoms with E-state index in [-0.39, 0.29) is 0 Å². The number of aromatic amines is 1. The lowest BCUT2D eigenvalue weighted by Gasteiger charge is -1.77. The van der Waals surface area contributed by atoms with Gasteiger partial charge in [0.25, 0.3) is 0 Å². The summed E-state index contributed by atoms with van der Waals surface area (Å²) in [5.74, 6) is 0. The number of nitrogens with one attached hydrogen (secondary N) is 1. The van der Waals surface area contributed by atoms with Crippen LogP contribution in [-0.4, -0.2) is 20.4 Å². The number of hydrogen-bond acceptors (Lipinski definition) is 4. The van der Waals surface area contributed by atoms with Crippen molar-refractivity contribution in [3.8, 4) is 5.13 Å². The summed E-state index contributed by atoms with van der Waals surface area (Å²) in [6.07, 6.45) is 3.22. The zero-order chi connectivity index (χ0) is 6.81. The van der Waals surface area contributed by atoms with Crippen LogP contribution in [0.5, 0.6) is 0 Å². The fourth-order valence-electron chi connectivity index (χ4n) is 0.598. The van der Waals surface area contributed by atoms with Crippen LogP contribution in [0.4, 0.5) is 0 Å². The lowest BCUT2D eigenvalue weighted by atomic mass is 11.0. The van der Waals surface area contributed by atoms with Crippen LogP contribution in [0.15, 0.2) is 17.9 Å². The second kappa shape index (κ2) is 2.14. The Labute approximate surface area is 60.3 Å². The lowest BCUT2D eigenvalue weighted by molar-refractivity contribution is -0.716. The van der Waals surface area contributed by atoms with Gasteiger partial charge >= 0.3 is 5.13 Å². The number of rotatable bonds is 1. The smallest absolute Gasteiger partial charge is 0.195 e. The average Bonchev–Trinajstić information content (AvgIpc) is 2.59. The summed E-state index contributed by atoms with van der Waals surface area (Å²) >= 11 is 1.50. The maximum atomic E-state index is 4.01. The molecule has 2 rings (SSSR count). The molecule has 2 aromatic heterocycles. The summed E-state index contributed by atoms with van der Waals surface area (Å²) in [6.45, 7) is 0. The third kappa shape index (κ3) is 0.781.